The summed E-state index contributed by atoms with van der Waals surface area (Å²) in [5.41, 5.74) is 5.18. The van der Waals surface area contributed by atoms with Gasteiger partial charge >= 0.3 is 0 Å². The molecule has 3 rings (SSSR count). The Morgan fingerprint density at radius 1 is 1.26 bits per heavy atom. The second kappa shape index (κ2) is 7.31. The van der Waals surface area contributed by atoms with E-state index in [1.165, 1.54) is 54.7 Å². The first-order chi connectivity index (χ1) is 11.1. The van der Waals surface area contributed by atoms with Crippen LogP contribution in [0.5, 0.6) is 0 Å². The molecule has 1 aromatic heterocycles. The highest BCUT2D eigenvalue weighted by atomic mass is 15.1. The molecule has 3 heteroatoms. The van der Waals surface area contributed by atoms with Crippen molar-refractivity contribution in [3.05, 3.63) is 41.7 Å². The number of piperidine rings is 1. The van der Waals surface area contributed by atoms with Gasteiger partial charge in [-0.1, -0.05) is 43.7 Å². The number of hydrogen-bond donors (Lipinski definition) is 1. The zero-order valence-corrected chi connectivity index (χ0v) is 14.7. The monoisotopic (exact) mass is 311 g/mol. The van der Waals surface area contributed by atoms with E-state index in [4.69, 9.17) is 0 Å². The van der Waals surface area contributed by atoms with E-state index < -0.39 is 0 Å². The Hall–Kier alpha value is -1.61. The van der Waals surface area contributed by atoms with Crippen molar-refractivity contribution >= 4 is 0 Å². The summed E-state index contributed by atoms with van der Waals surface area (Å²) in [4.78, 5) is 2.63. The molecule has 1 N–H and O–H groups in total. The summed E-state index contributed by atoms with van der Waals surface area (Å²) in [6.45, 7) is 10.4. The van der Waals surface area contributed by atoms with Crippen molar-refractivity contribution in [3.63, 3.8) is 0 Å². The van der Waals surface area contributed by atoms with Gasteiger partial charge in [-0.15, -0.1) is 0 Å². The first kappa shape index (κ1) is 16.3. The van der Waals surface area contributed by atoms with Crippen LogP contribution in [-0.2, 0) is 0 Å². The molecule has 0 saturated carbocycles. The van der Waals surface area contributed by atoms with Crippen LogP contribution >= 0.6 is 0 Å². The minimum Gasteiger partial charge on any atom is -0.303 e. The quantitative estimate of drug-likeness (QED) is 0.874. The molecule has 3 nitrogen and oxygen atoms in total. The molecular weight excluding hydrogens is 282 g/mol. The van der Waals surface area contributed by atoms with Gasteiger partial charge in [-0.2, -0.15) is 5.10 Å². The lowest BCUT2D eigenvalue weighted by atomic mass is 9.90. The van der Waals surface area contributed by atoms with E-state index in [-0.39, 0.29) is 0 Å². The lowest BCUT2D eigenvalue weighted by molar-refractivity contribution is 0.196. The van der Waals surface area contributed by atoms with Crippen LogP contribution in [0.15, 0.2) is 30.5 Å². The van der Waals surface area contributed by atoms with Crippen molar-refractivity contribution in [1.82, 2.24) is 15.1 Å². The van der Waals surface area contributed by atoms with Crippen LogP contribution in [0, 0.1) is 12.8 Å². The van der Waals surface area contributed by atoms with Gasteiger partial charge in [0.25, 0.3) is 0 Å². The average Bonchev–Trinajstić information content (AvgIpc) is 3.03. The molecule has 0 amide bonds. The summed E-state index contributed by atoms with van der Waals surface area (Å²) in [7, 11) is 0. The van der Waals surface area contributed by atoms with Gasteiger partial charge in [-0.3, -0.25) is 5.10 Å². The number of H-pyrrole nitrogens is 1. The molecule has 1 saturated heterocycles. The first-order valence-corrected chi connectivity index (χ1v) is 8.96. The van der Waals surface area contributed by atoms with Crippen LogP contribution in [0.2, 0.25) is 0 Å². The molecule has 0 bridgehead atoms. The average molecular weight is 311 g/mol. The maximum atomic E-state index is 4.35. The lowest BCUT2D eigenvalue weighted by Crippen LogP contribution is -2.35. The number of benzene rings is 1. The Morgan fingerprint density at radius 2 is 2.04 bits per heavy atom. The number of nitrogens with one attached hydrogen (secondary N) is 1. The maximum absolute atomic E-state index is 4.35. The Bertz CT molecular complexity index is 612. The number of aryl methyl sites for hydroxylation is 1. The summed E-state index contributed by atoms with van der Waals surface area (Å²) in [6.07, 6.45) is 5.84. The largest absolute Gasteiger partial charge is 0.303 e. The fraction of sp³-hybridized carbons (Fsp3) is 0.550. The zero-order chi connectivity index (χ0) is 16.2. The summed E-state index contributed by atoms with van der Waals surface area (Å²) >= 11 is 0. The number of hydrogen-bond acceptors (Lipinski definition) is 2. The van der Waals surface area contributed by atoms with Crippen molar-refractivity contribution in [2.24, 2.45) is 5.92 Å². The fourth-order valence-electron chi connectivity index (χ4n) is 3.51. The molecule has 2 aromatic rings. The molecule has 124 valence electrons. The minimum absolute atomic E-state index is 0.578. The van der Waals surface area contributed by atoms with E-state index in [9.17, 15) is 0 Å². The van der Waals surface area contributed by atoms with E-state index in [0.717, 1.165) is 12.5 Å². The molecule has 23 heavy (non-hydrogen) atoms. The van der Waals surface area contributed by atoms with Crippen LogP contribution in [0.3, 0.4) is 0 Å². The second-order valence-electron chi connectivity index (χ2n) is 7.39. The predicted molar refractivity (Wildman–Crippen MR) is 96.6 cm³/mol. The topological polar surface area (TPSA) is 31.9 Å². The van der Waals surface area contributed by atoms with Gasteiger partial charge in [0, 0.05) is 23.7 Å². The standard InChI is InChI=1S/C20H29N3/c1-15(2)10-12-23-11-4-5-18(14-23)20-19(13-21-22-20)17-8-6-16(3)7-9-17/h6-9,13,15,18H,4-5,10-12,14H2,1-3H3,(H,21,22)/t18-/m1/s1. The van der Waals surface area contributed by atoms with Crippen LogP contribution in [0.25, 0.3) is 11.1 Å². The van der Waals surface area contributed by atoms with Crippen LogP contribution < -0.4 is 0 Å². The zero-order valence-electron chi connectivity index (χ0n) is 14.7. The number of likely N-dealkylation sites (tertiary alicyclic amines) is 1. The van der Waals surface area contributed by atoms with Crippen LogP contribution in [0.1, 0.15) is 50.3 Å². The number of aromatic nitrogens is 2. The van der Waals surface area contributed by atoms with E-state index in [1.807, 2.05) is 6.20 Å². The smallest absolute Gasteiger partial charge is 0.0568 e. The highest BCUT2D eigenvalue weighted by molar-refractivity contribution is 5.66. The third-order valence-electron chi connectivity index (χ3n) is 4.97. The van der Waals surface area contributed by atoms with Gasteiger partial charge in [0.1, 0.15) is 0 Å². The lowest BCUT2D eigenvalue weighted by Gasteiger charge is -2.33. The highest BCUT2D eigenvalue weighted by Gasteiger charge is 2.25. The Kier molecular flexibility index (Phi) is 5.16. The van der Waals surface area contributed by atoms with Gasteiger partial charge in [-0.25, -0.2) is 0 Å². The summed E-state index contributed by atoms with van der Waals surface area (Å²) in [5.74, 6) is 1.36. The van der Waals surface area contributed by atoms with E-state index in [2.05, 4.69) is 60.1 Å². The molecule has 0 aliphatic carbocycles. The van der Waals surface area contributed by atoms with E-state index in [1.54, 1.807) is 0 Å². The molecular formula is C20H29N3. The summed E-state index contributed by atoms with van der Waals surface area (Å²) < 4.78 is 0. The Morgan fingerprint density at radius 3 is 2.78 bits per heavy atom. The molecule has 1 aliphatic heterocycles. The van der Waals surface area contributed by atoms with E-state index >= 15 is 0 Å². The second-order valence-corrected chi connectivity index (χ2v) is 7.39. The fourth-order valence-corrected chi connectivity index (χ4v) is 3.51. The Balaban J connectivity index is 1.74. The molecule has 0 radical (unpaired) electrons. The highest BCUT2D eigenvalue weighted by Crippen LogP contribution is 2.33. The molecule has 2 heterocycles. The van der Waals surface area contributed by atoms with Crippen molar-refractivity contribution in [2.45, 2.75) is 46.0 Å². The number of rotatable bonds is 5. The third-order valence-corrected chi connectivity index (χ3v) is 4.97. The van der Waals surface area contributed by atoms with Crippen molar-refractivity contribution in [3.8, 4) is 11.1 Å². The van der Waals surface area contributed by atoms with Gasteiger partial charge in [0.2, 0.25) is 0 Å². The molecule has 1 fully saturated rings. The van der Waals surface area contributed by atoms with Gasteiger partial charge in [-0.05, 0) is 50.8 Å². The third kappa shape index (κ3) is 4.03. The molecule has 0 spiro atoms. The first-order valence-electron chi connectivity index (χ1n) is 8.96. The molecule has 1 atom stereocenters. The van der Waals surface area contributed by atoms with E-state index in [0.29, 0.717) is 5.92 Å². The number of nitrogens with zero attached hydrogens (tertiary/aromatic N) is 2. The van der Waals surface area contributed by atoms with Gasteiger partial charge < -0.3 is 4.90 Å². The SMILES string of the molecule is Cc1ccc(-c2cn[nH]c2[C@@H]2CCCN(CCC(C)C)C2)cc1. The molecule has 1 aromatic carbocycles. The van der Waals surface area contributed by atoms with Crippen molar-refractivity contribution in [1.29, 1.82) is 0 Å². The van der Waals surface area contributed by atoms with Crippen LogP contribution in [0.4, 0.5) is 0 Å². The molecule has 0 unspecified atom stereocenters. The van der Waals surface area contributed by atoms with Gasteiger partial charge in [0.15, 0.2) is 0 Å². The van der Waals surface area contributed by atoms with Crippen molar-refractivity contribution in [2.75, 3.05) is 19.6 Å². The predicted octanol–water partition coefficient (Wildman–Crippen LogP) is 4.61. The minimum atomic E-state index is 0.578. The van der Waals surface area contributed by atoms with Gasteiger partial charge in [0.05, 0.1) is 6.20 Å². The molecule has 1 aliphatic rings. The van der Waals surface area contributed by atoms with Crippen molar-refractivity contribution < 1.29 is 0 Å². The summed E-state index contributed by atoms with van der Waals surface area (Å²) in [6, 6.07) is 8.79. The number of aromatic amines is 1. The normalized spacial score (nSPS) is 19.4. The summed E-state index contributed by atoms with van der Waals surface area (Å²) in [5, 5.41) is 7.65. The Labute approximate surface area is 140 Å². The maximum Gasteiger partial charge on any atom is 0.0568 e. The van der Waals surface area contributed by atoms with Crippen LogP contribution in [-0.4, -0.2) is 34.7 Å².